The Balaban J connectivity index is 1.65. The minimum atomic E-state index is -0.526. The Morgan fingerprint density at radius 2 is 1.22 bits per heavy atom. The number of ketones is 1. The van der Waals surface area contributed by atoms with Crippen molar-refractivity contribution in [2.24, 2.45) is 0 Å². The van der Waals surface area contributed by atoms with Gasteiger partial charge >= 0.3 is 5.97 Å². The molecule has 0 saturated heterocycles. The largest absolute Gasteiger partial charge is 0.497 e. The van der Waals surface area contributed by atoms with E-state index >= 15 is 0 Å². The Kier molecular flexibility index (Phi) is 5.52. The van der Waals surface area contributed by atoms with Crippen molar-refractivity contribution < 1.29 is 23.8 Å². The van der Waals surface area contributed by atoms with Crippen LogP contribution >= 0.6 is 0 Å². The molecule has 0 bridgehead atoms. The zero-order valence-electron chi connectivity index (χ0n) is 15.0. The lowest BCUT2D eigenvalue weighted by molar-refractivity contribution is 0.0734. The summed E-state index contributed by atoms with van der Waals surface area (Å²) in [6.45, 7) is 1.45. The molecule has 0 amide bonds. The van der Waals surface area contributed by atoms with E-state index < -0.39 is 5.97 Å². The number of hydrogen-bond donors (Lipinski definition) is 0. The van der Waals surface area contributed by atoms with E-state index in [1.54, 1.807) is 73.8 Å². The number of ether oxygens (including phenoxy) is 3. The molecular formula is C22H18O5. The molecule has 0 heterocycles. The number of methoxy groups -OCH3 is 1. The first-order valence-corrected chi connectivity index (χ1v) is 8.30. The highest BCUT2D eigenvalue weighted by Crippen LogP contribution is 2.26. The van der Waals surface area contributed by atoms with Crippen molar-refractivity contribution in [3.8, 4) is 23.0 Å². The van der Waals surface area contributed by atoms with E-state index in [1.165, 1.54) is 13.0 Å². The lowest BCUT2D eigenvalue weighted by atomic mass is 10.1. The van der Waals surface area contributed by atoms with Crippen LogP contribution in [0.1, 0.15) is 27.6 Å². The fourth-order valence-electron chi connectivity index (χ4n) is 2.39. The average molecular weight is 362 g/mol. The molecule has 0 aliphatic heterocycles. The Labute approximate surface area is 157 Å². The third-order valence-corrected chi connectivity index (χ3v) is 3.83. The highest BCUT2D eigenvalue weighted by Gasteiger charge is 2.11. The topological polar surface area (TPSA) is 61.8 Å². The number of Topliss-reactive ketones (excluding diaryl/α,β-unsaturated/α-hetero) is 1. The second-order valence-corrected chi connectivity index (χ2v) is 5.78. The van der Waals surface area contributed by atoms with Crippen LogP contribution in [-0.4, -0.2) is 18.9 Å². The van der Waals surface area contributed by atoms with Crippen LogP contribution in [0.15, 0.2) is 72.8 Å². The van der Waals surface area contributed by atoms with E-state index in [1.807, 2.05) is 0 Å². The van der Waals surface area contributed by atoms with E-state index in [0.717, 1.165) is 5.75 Å². The first-order chi connectivity index (χ1) is 13.0. The molecule has 0 unspecified atom stereocenters. The molecule has 0 aliphatic rings. The summed E-state index contributed by atoms with van der Waals surface area (Å²) in [5.41, 5.74) is 0.786. The van der Waals surface area contributed by atoms with Crippen LogP contribution in [-0.2, 0) is 0 Å². The molecule has 0 saturated carbocycles. The molecule has 0 aromatic heterocycles. The highest BCUT2D eigenvalue weighted by molar-refractivity contribution is 5.98. The zero-order chi connectivity index (χ0) is 19.2. The standard InChI is InChI=1S/C22H18O5/c1-15(23)16-4-3-5-17(14-16)22(24)27-21-12-10-20(11-13-21)26-19-8-6-18(25-2)7-9-19/h3-14H,1-2H3. The quantitative estimate of drug-likeness (QED) is 0.354. The van der Waals surface area contributed by atoms with Gasteiger partial charge in [0.05, 0.1) is 12.7 Å². The minimum Gasteiger partial charge on any atom is -0.497 e. The molecule has 27 heavy (non-hydrogen) atoms. The molecule has 0 aliphatic carbocycles. The van der Waals surface area contributed by atoms with Gasteiger partial charge in [-0.05, 0) is 67.6 Å². The van der Waals surface area contributed by atoms with Gasteiger partial charge in [-0.25, -0.2) is 4.79 Å². The summed E-state index contributed by atoms with van der Waals surface area (Å²) in [4.78, 5) is 23.7. The summed E-state index contributed by atoms with van der Waals surface area (Å²) in [5.74, 6) is 1.78. The van der Waals surface area contributed by atoms with Crippen LogP contribution in [0.3, 0.4) is 0 Å². The van der Waals surface area contributed by atoms with Crippen LogP contribution < -0.4 is 14.2 Å². The molecule has 0 radical (unpaired) electrons. The predicted molar refractivity (Wildman–Crippen MR) is 101 cm³/mol. The SMILES string of the molecule is COc1ccc(Oc2ccc(OC(=O)c3cccc(C(C)=O)c3)cc2)cc1. The second-order valence-electron chi connectivity index (χ2n) is 5.78. The van der Waals surface area contributed by atoms with Crippen LogP contribution in [0, 0.1) is 0 Å². The maximum absolute atomic E-state index is 12.2. The molecule has 5 nitrogen and oxygen atoms in total. The monoisotopic (exact) mass is 362 g/mol. The van der Waals surface area contributed by atoms with Crippen molar-refractivity contribution in [2.45, 2.75) is 6.92 Å². The molecule has 0 N–H and O–H groups in total. The summed E-state index contributed by atoms with van der Waals surface area (Å²) in [5, 5.41) is 0. The maximum atomic E-state index is 12.2. The van der Waals surface area contributed by atoms with Gasteiger partial charge in [0.2, 0.25) is 0 Å². The van der Waals surface area contributed by atoms with E-state index in [9.17, 15) is 9.59 Å². The molecule has 3 aromatic carbocycles. The van der Waals surface area contributed by atoms with E-state index in [4.69, 9.17) is 14.2 Å². The number of benzene rings is 3. The van der Waals surface area contributed by atoms with Gasteiger partial charge in [0.1, 0.15) is 23.0 Å². The lowest BCUT2D eigenvalue weighted by Crippen LogP contribution is -2.09. The van der Waals surface area contributed by atoms with Crippen molar-refractivity contribution in [1.82, 2.24) is 0 Å². The Bertz CT molecular complexity index is 943. The Hall–Kier alpha value is -3.60. The van der Waals surface area contributed by atoms with Gasteiger partial charge in [0, 0.05) is 5.56 Å². The summed E-state index contributed by atoms with van der Waals surface area (Å²) in [6, 6.07) is 20.4. The fourth-order valence-corrected chi connectivity index (χ4v) is 2.39. The molecule has 0 fully saturated rings. The first-order valence-electron chi connectivity index (χ1n) is 8.30. The summed E-state index contributed by atoms with van der Waals surface area (Å²) in [7, 11) is 1.60. The molecule has 5 heteroatoms. The smallest absolute Gasteiger partial charge is 0.343 e. The first kappa shape index (κ1) is 18.2. The van der Waals surface area contributed by atoms with Gasteiger partial charge in [-0.2, -0.15) is 0 Å². The number of esters is 1. The molecule has 136 valence electrons. The van der Waals surface area contributed by atoms with Gasteiger partial charge in [-0.15, -0.1) is 0 Å². The summed E-state index contributed by atoms with van der Waals surface area (Å²) in [6.07, 6.45) is 0. The summed E-state index contributed by atoms with van der Waals surface area (Å²) >= 11 is 0. The number of hydrogen-bond acceptors (Lipinski definition) is 5. The normalized spacial score (nSPS) is 10.1. The number of carbonyl (C=O) groups is 2. The molecule has 3 aromatic rings. The minimum absolute atomic E-state index is 0.107. The van der Waals surface area contributed by atoms with Gasteiger partial charge in [0.15, 0.2) is 5.78 Å². The average Bonchev–Trinajstić information content (AvgIpc) is 2.70. The van der Waals surface area contributed by atoms with Crippen LogP contribution in [0.2, 0.25) is 0 Å². The molecule has 0 spiro atoms. The van der Waals surface area contributed by atoms with Gasteiger partial charge in [-0.1, -0.05) is 12.1 Å². The maximum Gasteiger partial charge on any atom is 0.343 e. The van der Waals surface area contributed by atoms with Crippen LogP contribution in [0.25, 0.3) is 0 Å². The second kappa shape index (κ2) is 8.19. The highest BCUT2D eigenvalue weighted by atomic mass is 16.5. The predicted octanol–water partition coefficient (Wildman–Crippen LogP) is 4.91. The van der Waals surface area contributed by atoms with E-state index in [-0.39, 0.29) is 5.78 Å². The number of carbonyl (C=O) groups excluding carboxylic acids is 2. The molecule has 0 atom stereocenters. The van der Waals surface area contributed by atoms with Gasteiger partial charge in [-0.3, -0.25) is 4.79 Å². The van der Waals surface area contributed by atoms with Crippen molar-refractivity contribution in [3.05, 3.63) is 83.9 Å². The van der Waals surface area contributed by atoms with Crippen molar-refractivity contribution in [3.63, 3.8) is 0 Å². The van der Waals surface area contributed by atoms with Crippen LogP contribution in [0.5, 0.6) is 23.0 Å². The molecular weight excluding hydrogens is 344 g/mol. The molecule has 3 rings (SSSR count). The van der Waals surface area contributed by atoms with Gasteiger partial charge < -0.3 is 14.2 Å². The number of rotatable bonds is 6. The zero-order valence-corrected chi connectivity index (χ0v) is 15.0. The Morgan fingerprint density at radius 1 is 0.704 bits per heavy atom. The van der Waals surface area contributed by atoms with Gasteiger partial charge in [0.25, 0.3) is 0 Å². The van der Waals surface area contributed by atoms with Crippen molar-refractivity contribution in [1.29, 1.82) is 0 Å². The van der Waals surface area contributed by atoms with Crippen LogP contribution in [0.4, 0.5) is 0 Å². The Morgan fingerprint density at radius 3 is 1.78 bits per heavy atom. The third-order valence-electron chi connectivity index (χ3n) is 3.83. The lowest BCUT2D eigenvalue weighted by Gasteiger charge is -2.08. The van der Waals surface area contributed by atoms with Crippen molar-refractivity contribution in [2.75, 3.05) is 7.11 Å². The third kappa shape index (κ3) is 4.73. The van der Waals surface area contributed by atoms with Crippen molar-refractivity contribution >= 4 is 11.8 Å². The van der Waals surface area contributed by atoms with E-state index in [2.05, 4.69) is 0 Å². The van der Waals surface area contributed by atoms with E-state index in [0.29, 0.717) is 28.4 Å². The fraction of sp³-hybridized carbons (Fsp3) is 0.0909. The summed E-state index contributed by atoms with van der Waals surface area (Å²) < 4.78 is 16.2.